The number of hydrogen-bond donors (Lipinski definition) is 1. The largest absolute Gasteiger partial charge is 0.383 e. The molecule has 0 spiro atoms. The molecule has 0 amide bonds. The van der Waals surface area contributed by atoms with Crippen molar-refractivity contribution in [2.24, 2.45) is 0 Å². The summed E-state index contributed by atoms with van der Waals surface area (Å²) in [5.41, 5.74) is 6.90. The molecule has 0 bridgehead atoms. The summed E-state index contributed by atoms with van der Waals surface area (Å²) in [5, 5.41) is 2.10. The van der Waals surface area contributed by atoms with E-state index in [1.165, 1.54) is 4.88 Å². The van der Waals surface area contributed by atoms with E-state index in [1.54, 1.807) is 17.5 Å². The van der Waals surface area contributed by atoms with Crippen LogP contribution in [-0.2, 0) is 13.1 Å². The molecule has 17 heavy (non-hydrogen) atoms. The molecule has 0 unspecified atom stereocenters. The maximum atomic E-state index is 5.82. The highest BCUT2D eigenvalue weighted by Gasteiger charge is 2.06. The summed E-state index contributed by atoms with van der Waals surface area (Å²) in [4.78, 5) is 7.65. The Hall–Kier alpha value is -0.910. The van der Waals surface area contributed by atoms with Crippen molar-refractivity contribution in [2.75, 3.05) is 12.8 Å². The van der Waals surface area contributed by atoms with Crippen LogP contribution in [0.2, 0.25) is 0 Å². The highest BCUT2D eigenvalue weighted by molar-refractivity contribution is 9.10. The quantitative estimate of drug-likeness (QED) is 0.943. The maximum absolute atomic E-state index is 5.82. The molecular formula is C12H14BrN3S. The molecule has 90 valence electrons. The van der Waals surface area contributed by atoms with Crippen LogP contribution in [0, 0.1) is 0 Å². The number of rotatable bonds is 4. The molecule has 2 aromatic heterocycles. The predicted octanol–water partition coefficient (Wildman–Crippen LogP) is 3.12. The van der Waals surface area contributed by atoms with Gasteiger partial charge in [0.2, 0.25) is 0 Å². The fourth-order valence-electron chi connectivity index (χ4n) is 1.63. The van der Waals surface area contributed by atoms with Crippen LogP contribution in [0.15, 0.2) is 34.2 Å². The molecule has 0 saturated heterocycles. The van der Waals surface area contributed by atoms with E-state index in [-0.39, 0.29) is 0 Å². The average Bonchev–Trinajstić information content (AvgIpc) is 2.67. The number of thiophene rings is 1. The van der Waals surface area contributed by atoms with Gasteiger partial charge in [-0.05, 0) is 35.1 Å². The Morgan fingerprint density at radius 1 is 1.47 bits per heavy atom. The van der Waals surface area contributed by atoms with Gasteiger partial charge in [0.1, 0.15) is 5.82 Å². The third kappa shape index (κ3) is 3.52. The molecule has 5 heteroatoms. The summed E-state index contributed by atoms with van der Waals surface area (Å²) in [6, 6.07) is 6.08. The Bertz CT molecular complexity index is 498. The van der Waals surface area contributed by atoms with Crippen molar-refractivity contribution < 1.29 is 0 Å². The Balaban J connectivity index is 1.98. The molecule has 0 aliphatic carbocycles. The minimum Gasteiger partial charge on any atom is -0.383 e. The number of anilines is 1. The molecule has 3 nitrogen and oxygen atoms in total. The van der Waals surface area contributed by atoms with Gasteiger partial charge in [0.25, 0.3) is 0 Å². The molecule has 0 aliphatic heterocycles. The van der Waals surface area contributed by atoms with E-state index in [1.807, 2.05) is 12.1 Å². The number of nitrogen functional groups attached to an aromatic ring is 1. The molecule has 2 heterocycles. The van der Waals surface area contributed by atoms with Gasteiger partial charge in [-0.2, -0.15) is 0 Å². The van der Waals surface area contributed by atoms with E-state index >= 15 is 0 Å². The minimum atomic E-state index is 0.617. The van der Waals surface area contributed by atoms with Crippen LogP contribution >= 0.6 is 27.3 Å². The van der Waals surface area contributed by atoms with Crippen LogP contribution in [0.5, 0.6) is 0 Å². The zero-order valence-corrected chi connectivity index (χ0v) is 12.0. The highest BCUT2D eigenvalue weighted by Crippen LogP contribution is 2.21. The SMILES string of the molecule is CN(Cc1cc(Br)cs1)Cc1cccnc1N. The Labute approximate surface area is 113 Å². The van der Waals surface area contributed by atoms with Gasteiger partial charge in [-0.1, -0.05) is 6.07 Å². The van der Waals surface area contributed by atoms with Crippen molar-refractivity contribution in [1.82, 2.24) is 9.88 Å². The molecule has 0 radical (unpaired) electrons. The summed E-state index contributed by atoms with van der Waals surface area (Å²) in [7, 11) is 2.08. The van der Waals surface area contributed by atoms with Crippen LogP contribution in [0.3, 0.4) is 0 Å². The summed E-state index contributed by atoms with van der Waals surface area (Å²) in [6.07, 6.45) is 1.72. The molecule has 2 rings (SSSR count). The van der Waals surface area contributed by atoms with Gasteiger partial charge in [0.15, 0.2) is 0 Å². The molecule has 2 aromatic rings. The third-order valence-corrected chi connectivity index (χ3v) is 4.10. The van der Waals surface area contributed by atoms with Crippen LogP contribution in [0.4, 0.5) is 5.82 Å². The van der Waals surface area contributed by atoms with Crippen LogP contribution in [0.1, 0.15) is 10.4 Å². The fourth-order valence-corrected chi connectivity index (χ4v) is 3.16. The number of halogens is 1. The first-order chi connectivity index (χ1) is 8.15. The van der Waals surface area contributed by atoms with E-state index in [4.69, 9.17) is 5.73 Å². The third-order valence-electron chi connectivity index (χ3n) is 2.41. The van der Waals surface area contributed by atoms with Gasteiger partial charge < -0.3 is 5.73 Å². The zero-order valence-electron chi connectivity index (χ0n) is 9.56. The van der Waals surface area contributed by atoms with Crippen molar-refractivity contribution in [2.45, 2.75) is 13.1 Å². The van der Waals surface area contributed by atoms with Gasteiger partial charge in [0.05, 0.1) is 0 Å². The van der Waals surface area contributed by atoms with Crippen molar-refractivity contribution in [3.63, 3.8) is 0 Å². The second-order valence-electron chi connectivity index (χ2n) is 3.95. The monoisotopic (exact) mass is 311 g/mol. The first-order valence-corrected chi connectivity index (χ1v) is 6.93. The predicted molar refractivity (Wildman–Crippen MR) is 75.8 cm³/mol. The highest BCUT2D eigenvalue weighted by atomic mass is 79.9. The van der Waals surface area contributed by atoms with E-state index in [9.17, 15) is 0 Å². The van der Waals surface area contributed by atoms with Crippen LogP contribution < -0.4 is 5.73 Å². The maximum Gasteiger partial charge on any atom is 0.127 e. The molecule has 0 fully saturated rings. The first-order valence-electron chi connectivity index (χ1n) is 5.26. The van der Waals surface area contributed by atoms with Gasteiger partial charge in [-0.15, -0.1) is 11.3 Å². The zero-order chi connectivity index (χ0) is 12.3. The number of nitrogens with zero attached hydrogens (tertiary/aromatic N) is 2. The Morgan fingerprint density at radius 2 is 2.29 bits per heavy atom. The number of nitrogens with two attached hydrogens (primary N) is 1. The second kappa shape index (κ2) is 5.62. The molecular weight excluding hydrogens is 298 g/mol. The topological polar surface area (TPSA) is 42.2 Å². The Morgan fingerprint density at radius 3 is 2.94 bits per heavy atom. The lowest BCUT2D eigenvalue weighted by molar-refractivity contribution is 0.322. The molecule has 0 atom stereocenters. The number of pyridine rings is 1. The standard InChI is InChI=1S/C12H14BrN3S/c1-16(7-11-5-10(13)8-17-11)6-9-3-2-4-15-12(9)14/h2-5,8H,6-7H2,1H3,(H2,14,15). The second-order valence-corrected chi connectivity index (χ2v) is 5.86. The van der Waals surface area contributed by atoms with Crippen molar-refractivity contribution in [3.05, 3.63) is 44.7 Å². The van der Waals surface area contributed by atoms with Crippen molar-refractivity contribution in [3.8, 4) is 0 Å². The minimum absolute atomic E-state index is 0.617. The summed E-state index contributed by atoms with van der Waals surface area (Å²) in [5.74, 6) is 0.617. The smallest absolute Gasteiger partial charge is 0.127 e. The normalized spacial score (nSPS) is 11.0. The van der Waals surface area contributed by atoms with Gasteiger partial charge in [0, 0.05) is 39.6 Å². The number of hydrogen-bond acceptors (Lipinski definition) is 4. The van der Waals surface area contributed by atoms with Gasteiger partial charge in [-0.25, -0.2) is 4.98 Å². The summed E-state index contributed by atoms with van der Waals surface area (Å²) >= 11 is 5.22. The lowest BCUT2D eigenvalue weighted by Crippen LogP contribution is -2.17. The van der Waals surface area contributed by atoms with Gasteiger partial charge in [-0.3, -0.25) is 4.90 Å². The molecule has 0 aromatic carbocycles. The fraction of sp³-hybridized carbons (Fsp3) is 0.250. The van der Waals surface area contributed by atoms with E-state index in [2.05, 4.69) is 44.3 Å². The summed E-state index contributed by atoms with van der Waals surface area (Å²) < 4.78 is 1.15. The first kappa shape index (κ1) is 12.5. The lowest BCUT2D eigenvalue weighted by Gasteiger charge is -2.16. The molecule has 0 saturated carbocycles. The van der Waals surface area contributed by atoms with E-state index < -0.39 is 0 Å². The van der Waals surface area contributed by atoms with Crippen molar-refractivity contribution in [1.29, 1.82) is 0 Å². The van der Waals surface area contributed by atoms with Gasteiger partial charge >= 0.3 is 0 Å². The lowest BCUT2D eigenvalue weighted by atomic mass is 10.2. The van der Waals surface area contributed by atoms with Crippen LogP contribution in [-0.4, -0.2) is 16.9 Å². The summed E-state index contributed by atoms with van der Waals surface area (Å²) in [6.45, 7) is 1.74. The Kier molecular flexibility index (Phi) is 4.15. The van der Waals surface area contributed by atoms with E-state index in [0.29, 0.717) is 5.82 Å². The van der Waals surface area contributed by atoms with Crippen molar-refractivity contribution >= 4 is 33.1 Å². The number of aromatic nitrogens is 1. The van der Waals surface area contributed by atoms with Crippen LogP contribution in [0.25, 0.3) is 0 Å². The molecule has 0 aliphatic rings. The molecule has 2 N–H and O–H groups in total. The average molecular weight is 312 g/mol. The van der Waals surface area contributed by atoms with E-state index in [0.717, 1.165) is 23.1 Å².